The molecule has 0 aliphatic carbocycles. The van der Waals surface area contributed by atoms with E-state index >= 15 is 0 Å². The Kier molecular flexibility index (Phi) is 8.06. The highest BCUT2D eigenvalue weighted by Gasteiger charge is 2.19. The van der Waals surface area contributed by atoms with Gasteiger partial charge in [0.05, 0.1) is 6.04 Å². The van der Waals surface area contributed by atoms with Gasteiger partial charge in [0.2, 0.25) is 5.91 Å². The minimum atomic E-state index is 0.0520. The van der Waals surface area contributed by atoms with Crippen molar-refractivity contribution in [2.75, 3.05) is 13.1 Å². The SMILES string of the molecule is CCCCC(CC)CNC(=O)C1CCCCCN1. The van der Waals surface area contributed by atoms with Crippen LogP contribution in [-0.4, -0.2) is 25.0 Å². The molecule has 2 unspecified atom stereocenters. The molecule has 0 aromatic heterocycles. The average Bonchev–Trinajstić information content (AvgIpc) is 2.67. The molecule has 0 radical (unpaired) electrons. The van der Waals surface area contributed by atoms with Crippen LogP contribution in [0, 0.1) is 5.92 Å². The molecule has 1 rings (SSSR count). The fourth-order valence-electron chi connectivity index (χ4n) is 2.56. The molecule has 0 bridgehead atoms. The van der Waals surface area contributed by atoms with E-state index in [2.05, 4.69) is 24.5 Å². The normalized spacial score (nSPS) is 22.2. The fourth-order valence-corrected chi connectivity index (χ4v) is 2.56. The van der Waals surface area contributed by atoms with E-state index in [4.69, 9.17) is 0 Å². The predicted octanol–water partition coefficient (Wildman–Crippen LogP) is 2.85. The maximum Gasteiger partial charge on any atom is 0.237 e. The number of carbonyl (C=O) groups excluding carboxylic acids is 1. The summed E-state index contributed by atoms with van der Waals surface area (Å²) in [7, 11) is 0. The molecule has 0 spiro atoms. The van der Waals surface area contributed by atoms with Gasteiger partial charge in [-0.3, -0.25) is 4.79 Å². The monoisotopic (exact) mass is 254 g/mol. The number of carbonyl (C=O) groups is 1. The third-order valence-electron chi connectivity index (χ3n) is 3.99. The van der Waals surface area contributed by atoms with Crippen LogP contribution in [-0.2, 0) is 4.79 Å². The van der Waals surface area contributed by atoms with Gasteiger partial charge in [-0.05, 0) is 31.7 Å². The van der Waals surface area contributed by atoms with E-state index in [1.165, 1.54) is 44.9 Å². The van der Waals surface area contributed by atoms with Gasteiger partial charge in [-0.1, -0.05) is 46.0 Å². The number of rotatable bonds is 7. The molecule has 106 valence electrons. The summed E-state index contributed by atoms with van der Waals surface area (Å²) >= 11 is 0. The molecule has 2 N–H and O–H groups in total. The van der Waals surface area contributed by atoms with Crippen molar-refractivity contribution in [2.24, 2.45) is 5.92 Å². The maximum absolute atomic E-state index is 12.1. The van der Waals surface area contributed by atoms with Gasteiger partial charge in [0.25, 0.3) is 0 Å². The van der Waals surface area contributed by atoms with Crippen molar-refractivity contribution in [1.82, 2.24) is 10.6 Å². The van der Waals surface area contributed by atoms with Gasteiger partial charge < -0.3 is 10.6 Å². The Morgan fingerprint density at radius 3 is 2.89 bits per heavy atom. The summed E-state index contributed by atoms with van der Waals surface area (Å²) in [6.07, 6.45) is 9.56. The van der Waals surface area contributed by atoms with Gasteiger partial charge in [0.1, 0.15) is 0 Å². The zero-order valence-electron chi connectivity index (χ0n) is 12.1. The number of unbranched alkanes of at least 4 members (excludes halogenated alkanes) is 1. The van der Waals surface area contributed by atoms with Crippen molar-refractivity contribution >= 4 is 5.91 Å². The molecular weight excluding hydrogens is 224 g/mol. The minimum absolute atomic E-state index is 0.0520. The van der Waals surface area contributed by atoms with E-state index in [0.29, 0.717) is 5.92 Å². The van der Waals surface area contributed by atoms with Gasteiger partial charge in [0, 0.05) is 6.54 Å². The van der Waals surface area contributed by atoms with Gasteiger partial charge in [-0.15, -0.1) is 0 Å². The van der Waals surface area contributed by atoms with Gasteiger partial charge in [-0.2, -0.15) is 0 Å². The maximum atomic E-state index is 12.1. The summed E-state index contributed by atoms with van der Waals surface area (Å²) in [6, 6.07) is 0.0520. The topological polar surface area (TPSA) is 41.1 Å². The van der Waals surface area contributed by atoms with Crippen LogP contribution in [0.3, 0.4) is 0 Å². The van der Waals surface area contributed by atoms with Crippen LogP contribution in [0.4, 0.5) is 0 Å². The molecule has 0 aromatic rings. The predicted molar refractivity (Wildman–Crippen MR) is 76.6 cm³/mol. The molecule has 1 fully saturated rings. The summed E-state index contributed by atoms with van der Waals surface area (Å²) in [5, 5.41) is 6.49. The van der Waals surface area contributed by atoms with Crippen LogP contribution in [0.5, 0.6) is 0 Å². The van der Waals surface area contributed by atoms with Crippen molar-refractivity contribution in [1.29, 1.82) is 0 Å². The van der Waals surface area contributed by atoms with Crippen LogP contribution < -0.4 is 10.6 Å². The van der Waals surface area contributed by atoms with Crippen LogP contribution in [0.25, 0.3) is 0 Å². The van der Waals surface area contributed by atoms with E-state index < -0.39 is 0 Å². The number of amides is 1. The second kappa shape index (κ2) is 9.37. The Labute approximate surface area is 112 Å². The first kappa shape index (κ1) is 15.5. The van der Waals surface area contributed by atoms with E-state index in [-0.39, 0.29) is 11.9 Å². The quantitative estimate of drug-likeness (QED) is 0.733. The Hall–Kier alpha value is -0.570. The zero-order chi connectivity index (χ0) is 13.2. The summed E-state index contributed by atoms with van der Waals surface area (Å²) in [4.78, 5) is 12.1. The molecular formula is C15H30N2O. The van der Waals surface area contributed by atoms with Crippen molar-refractivity contribution in [3.63, 3.8) is 0 Å². The standard InChI is InChI=1S/C15H30N2O/c1-3-5-9-13(4-2)12-17-15(18)14-10-7-6-8-11-16-14/h13-14,16H,3-12H2,1-2H3,(H,17,18). The molecule has 1 saturated heterocycles. The fraction of sp³-hybridized carbons (Fsp3) is 0.933. The highest BCUT2D eigenvalue weighted by molar-refractivity contribution is 5.81. The Morgan fingerprint density at radius 2 is 2.17 bits per heavy atom. The molecule has 1 aliphatic heterocycles. The smallest absolute Gasteiger partial charge is 0.237 e. The number of hydrogen-bond donors (Lipinski definition) is 2. The Morgan fingerprint density at radius 1 is 1.33 bits per heavy atom. The highest BCUT2D eigenvalue weighted by atomic mass is 16.2. The summed E-state index contributed by atoms with van der Waals surface area (Å²) in [5.74, 6) is 0.867. The van der Waals surface area contributed by atoms with Gasteiger partial charge in [0.15, 0.2) is 0 Å². The molecule has 0 aromatic carbocycles. The minimum Gasteiger partial charge on any atom is -0.354 e. The molecule has 3 heteroatoms. The molecule has 2 atom stereocenters. The van der Waals surface area contributed by atoms with E-state index in [0.717, 1.165) is 19.5 Å². The first-order valence-corrected chi connectivity index (χ1v) is 7.79. The first-order chi connectivity index (χ1) is 8.77. The van der Waals surface area contributed by atoms with Gasteiger partial charge in [-0.25, -0.2) is 0 Å². The van der Waals surface area contributed by atoms with E-state index in [1.807, 2.05) is 0 Å². The Balaban J connectivity index is 2.25. The molecule has 1 amide bonds. The Bertz CT molecular complexity index is 223. The third kappa shape index (κ3) is 5.85. The molecule has 0 saturated carbocycles. The molecule has 1 heterocycles. The summed E-state index contributed by atoms with van der Waals surface area (Å²) in [6.45, 7) is 6.29. The lowest BCUT2D eigenvalue weighted by Gasteiger charge is -2.19. The van der Waals surface area contributed by atoms with Crippen LogP contribution in [0.1, 0.15) is 65.2 Å². The molecule has 1 aliphatic rings. The molecule has 18 heavy (non-hydrogen) atoms. The van der Waals surface area contributed by atoms with E-state index in [9.17, 15) is 4.79 Å². The second-order valence-electron chi connectivity index (χ2n) is 5.52. The van der Waals surface area contributed by atoms with Crippen molar-refractivity contribution in [2.45, 2.75) is 71.3 Å². The highest BCUT2D eigenvalue weighted by Crippen LogP contribution is 2.12. The lowest BCUT2D eigenvalue weighted by molar-refractivity contribution is -0.123. The van der Waals surface area contributed by atoms with Crippen LogP contribution in [0.2, 0.25) is 0 Å². The van der Waals surface area contributed by atoms with Crippen molar-refractivity contribution < 1.29 is 4.79 Å². The van der Waals surface area contributed by atoms with E-state index in [1.54, 1.807) is 0 Å². The first-order valence-electron chi connectivity index (χ1n) is 7.79. The van der Waals surface area contributed by atoms with Crippen LogP contribution in [0.15, 0.2) is 0 Å². The van der Waals surface area contributed by atoms with Crippen LogP contribution >= 0.6 is 0 Å². The number of nitrogens with one attached hydrogen (secondary N) is 2. The average molecular weight is 254 g/mol. The number of hydrogen-bond acceptors (Lipinski definition) is 2. The molecule has 3 nitrogen and oxygen atoms in total. The van der Waals surface area contributed by atoms with Gasteiger partial charge >= 0.3 is 0 Å². The largest absolute Gasteiger partial charge is 0.354 e. The summed E-state index contributed by atoms with van der Waals surface area (Å²) < 4.78 is 0. The lowest BCUT2D eigenvalue weighted by atomic mass is 9.99. The van der Waals surface area contributed by atoms with Crippen molar-refractivity contribution in [3.05, 3.63) is 0 Å². The second-order valence-corrected chi connectivity index (χ2v) is 5.52. The van der Waals surface area contributed by atoms with Crippen molar-refractivity contribution in [3.8, 4) is 0 Å². The summed E-state index contributed by atoms with van der Waals surface area (Å²) in [5.41, 5.74) is 0. The third-order valence-corrected chi connectivity index (χ3v) is 3.99. The lowest BCUT2D eigenvalue weighted by Crippen LogP contribution is -2.45. The zero-order valence-corrected chi connectivity index (χ0v) is 12.1.